The lowest BCUT2D eigenvalue weighted by Gasteiger charge is -2.03. The summed E-state index contributed by atoms with van der Waals surface area (Å²) in [6, 6.07) is 7.60. The number of non-ortho nitro benzene ring substituents is 1. The molecular weight excluding hydrogens is 414 g/mol. The highest BCUT2D eigenvalue weighted by Gasteiger charge is 2.12. The van der Waals surface area contributed by atoms with Gasteiger partial charge in [0.15, 0.2) is 10.3 Å². The Hall–Kier alpha value is -3.05. The molecule has 0 aliphatic carbocycles. The van der Waals surface area contributed by atoms with Crippen molar-refractivity contribution in [3.05, 3.63) is 61.9 Å². The average Bonchev–Trinajstić information content (AvgIpc) is 3.15. The normalized spacial score (nSPS) is 10.7. The summed E-state index contributed by atoms with van der Waals surface area (Å²) >= 11 is 2.36. The van der Waals surface area contributed by atoms with Crippen molar-refractivity contribution >= 4 is 39.8 Å². The summed E-state index contributed by atoms with van der Waals surface area (Å²) in [7, 11) is 0. The predicted octanol–water partition coefficient (Wildman–Crippen LogP) is 3.48. The number of aromatic nitrogens is 3. The molecule has 3 aromatic rings. The van der Waals surface area contributed by atoms with Gasteiger partial charge in [0.05, 0.1) is 16.4 Å². The number of aryl methyl sites for hydroxylation is 1. The monoisotopic (exact) mass is 431 g/mol. The molecule has 0 unspecified atom stereocenters. The number of carbonyl (C=O) groups is 1. The van der Waals surface area contributed by atoms with Crippen LogP contribution in [0.15, 0.2) is 45.7 Å². The number of thioether (sulfide) groups is 1. The summed E-state index contributed by atoms with van der Waals surface area (Å²) in [6.45, 7) is 2.00. The molecular formula is C18H17N5O4S2. The first-order chi connectivity index (χ1) is 13.9. The number of hydrogen-bond acceptors (Lipinski definition) is 8. The molecule has 150 valence electrons. The van der Waals surface area contributed by atoms with Crippen molar-refractivity contribution in [2.75, 3.05) is 11.1 Å². The first-order valence-electron chi connectivity index (χ1n) is 8.68. The summed E-state index contributed by atoms with van der Waals surface area (Å²) in [5, 5.41) is 16.1. The minimum atomic E-state index is -0.469. The largest absolute Gasteiger partial charge is 0.301 e. The maximum atomic E-state index is 12.2. The van der Waals surface area contributed by atoms with E-state index in [0.717, 1.165) is 18.2 Å². The minimum Gasteiger partial charge on any atom is -0.301 e. The number of benzene rings is 1. The van der Waals surface area contributed by atoms with Crippen molar-refractivity contribution in [1.29, 1.82) is 0 Å². The summed E-state index contributed by atoms with van der Waals surface area (Å²) in [5.74, 6) is -0.233. The molecule has 11 heteroatoms. The Kier molecular flexibility index (Phi) is 6.73. The number of amides is 1. The van der Waals surface area contributed by atoms with Gasteiger partial charge in [0.1, 0.15) is 0 Å². The second-order valence-electron chi connectivity index (χ2n) is 5.97. The molecule has 3 rings (SSSR count). The predicted molar refractivity (Wildman–Crippen MR) is 112 cm³/mol. The summed E-state index contributed by atoms with van der Waals surface area (Å²) in [6.07, 6.45) is 1.57. The summed E-state index contributed by atoms with van der Waals surface area (Å²) in [4.78, 5) is 45.5. The molecule has 0 aliphatic heterocycles. The van der Waals surface area contributed by atoms with Crippen LogP contribution < -0.4 is 10.9 Å². The molecule has 2 heterocycles. The number of thiazole rings is 1. The number of H-pyrrole nitrogens is 1. The second-order valence-corrected chi connectivity index (χ2v) is 7.80. The molecule has 0 aliphatic rings. The Labute approximate surface area is 173 Å². The minimum absolute atomic E-state index is 0.0238. The number of nitro benzene ring substituents is 1. The van der Waals surface area contributed by atoms with Crippen molar-refractivity contribution in [1.82, 2.24) is 15.0 Å². The van der Waals surface area contributed by atoms with Gasteiger partial charge in [0, 0.05) is 34.8 Å². The Bertz CT molecular complexity index is 1100. The fraction of sp³-hybridized carbons (Fsp3) is 0.222. The van der Waals surface area contributed by atoms with Crippen LogP contribution in [0.3, 0.4) is 0 Å². The number of rotatable bonds is 8. The fourth-order valence-corrected chi connectivity index (χ4v) is 3.90. The lowest BCUT2D eigenvalue weighted by molar-refractivity contribution is -0.384. The second kappa shape index (κ2) is 9.43. The zero-order chi connectivity index (χ0) is 20.8. The average molecular weight is 431 g/mol. The lowest BCUT2D eigenvalue weighted by Crippen LogP contribution is -2.15. The molecule has 1 amide bonds. The van der Waals surface area contributed by atoms with Gasteiger partial charge in [-0.1, -0.05) is 37.2 Å². The molecule has 0 fully saturated rings. The third kappa shape index (κ3) is 5.72. The van der Waals surface area contributed by atoms with E-state index in [9.17, 15) is 19.7 Å². The van der Waals surface area contributed by atoms with Crippen LogP contribution in [0.4, 0.5) is 10.8 Å². The van der Waals surface area contributed by atoms with Gasteiger partial charge in [-0.3, -0.25) is 19.7 Å². The number of nitro groups is 1. The van der Waals surface area contributed by atoms with Gasteiger partial charge in [0.25, 0.3) is 11.2 Å². The van der Waals surface area contributed by atoms with E-state index in [2.05, 4.69) is 20.3 Å². The van der Waals surface area contributed by atoms with Crippen molar-refractivity contribution in [3.63, 3.8) is 0 Å². The molecule has 0 saturated carbocycles. The molecule has 9 nitrogen and oxygen atoms in total. The maximum Gasteiger partial charge on any atom is 0.270 e. The van der Waals surface area contributed by atoms with Crippen LogP contribution in [0.2, 0.25) is 0 Å². The molecule has 0 spiro atoms. The van der Waals surface area contributed by atoms with E-state index in [4.69, 9.17) is 0 Å². The van der Waals surface area contributed by atoms with Gasteiger partial charge < -0.3 is 10.3 Å². The zero-order valence-electron chi connectivity index (χ0n) is 15.4. The number of carbonyl (C=O) groups excluding carboxylic acids is 1. The maximum absolute atomic E-state index is 12.2. The highest BCUT2D eigenvalue weighted by Crippen LogP contribution is 2.27. The first-order valence-corrected chi connectivity index (χ1v) is 10.5. The molecule has 2 N–H and O–H groups in total. The third-order valence-corrected chi connectivity index (χ3v) is 5.35. The van der Waals surface area contributed by atoms with Crippen LogP contribution in [-0.2, 0) is 11.2 Å². The van der Waals surface area contributed by atoms with E-state index in [1.54, 1.807) is 17.5 Å². The van der Waals surface area contributed by atoms with Gasteiger partial charge in [0.2, 0.25) is 5.91 Å². The topological polar surface area (TPSA) is 131 Å². The lowest BCUT2D eigenvalue weighted by atomic mass is 10.1. The SMILES string of the molecule is CCCc1cc(=O)[nH]c(SCC(=O)Nc2nc(-c3cccc([N+](=O)[O-])c3)cs2)n1. The van der Waals surface area contributed by atoms with Crippen LogP contribution >= 0.6 is 23.1 Å². The molecule has 0 bridgehead atoms. The molecule has 1 aromatic carbocycles. The Morgan fingerprint density at radius 1 is 1.34 bits per heavy atom. The highest BCUT2D eigenvalue weighted by atomic mass is 32.2. The van der Waals surface area contributed by atoms with Crippen LogP contribution in [0.25, 0.3) is 11.3 Å². The van der Waals surface area contributed by atoms with Gasteiger partial charge in [-0.2, -0.15) is 0 Å². The number of anilines is 1. The highest BCUT2D eigenvalue weighted by molar-refractivity contribution is 7.99. The first kappa shape index (κ1) is 20.7. The Balaban J connectivity index is 1.61. The van der Waals surface area contributed by atoms with Gasteiger partial charge in [-0.05, 0) is 6.42 Å². The van der Waals surface area contributed by atoms with E-state index in [0.29, 0.717) is 33.7 Å². The molecule has 0 radical (unpaired) electrons. The third-order valence-electron chi connectivity index (χ3n) is 3.72. The van der Waals surface area contributed by atoms with Gasteiger partial charge in [-0.15, -0.1) is 11.3 Å². The van der Waals surface area contributed by atoms with E-state index in [1.165, 1.54) is 29.5 Å². The Morgan fingerprint density at radius 3 is 2.93 bits per heavy atom. The Morgan fingerprint density at radius 2 is 2.17 bits per heavy atom. The molecule has 2 aromatic heterocycles. The van der Waals surface area contributed by atoms with E-state index in [1.807, 2.05) is 6.92 Å². The fourth-order valence-electron chi connectivity index (χ4n) is 2.47. The number of nitrogens with one attached hydrogen (secondary N) is 2. The number of hydrogen-bond donors (Lipinski definition) is 2. The van der Waals surface area contributed by atoms with Crippen LogP contribution in [-0.4, -0.2) is 31.5 Å². The summed E-state index contributed by atoms with van der Waals surface area (Å²) in [5.41, 5.74) is 1.57. The molecule has 0 atom stereocenters. The van der Waals surface area contributed by atoms with Crippen LogP contribution in [0.5, 0.6) is 0 Å². The standard InChI is InChI=1S/C18H17N5O4S2/c1-2-4-12-8-15(24)21-17(19-12)29-10-16(25)22-18-20-14(9-28-18)11-5-3-6-13(7-11)23(26)27/h3,5-9H,2,4,10H2,1H3,(H,19,21,24)(H,20,22,25). The zero-order valence-corrected chi connectivity index (χ0v) is 17.0. The smallest absolute Gasteiger partial charge is 0.270 e. The molecule has 29 heavy (non-hydrogen) atoms. The van der Waals surface area contributed by atoms with Gasteiger partial charge >= 0.3 is 0 Å². The number of nitrogens with zero attached hydrogens (tertiary/aromatic N) is 3. The van der Waals surface area contributed by atoms with Crippen molar-refractivity contribution in [3.8, 4) is 11.3 Å². The van der Waals surface area contributed by atoms with E-state index < -0.39 is 4.92 Å². The molecule has 0 saturated heterocycles. The van der Waals surface area contributed by atoms with Crippen molar-refractivity contribution in [2.24, 2.45) is 0 Å². The van der Waals surface area contributed by atoms with E-state index >= 15 is 0 Å². The van der Waals surface area contributed by atoms with Gasteiger partial charge in [-0.25, -0.2) is 9.97 Å². The van der Waals surface area contributed by atoms with Crippen LogP contribution in [0, 0.1) is 10.1 Å². The van der Waals surface area contributed by atoms with Crippen molar-refractivity contribution in [2.45, 2.75) is 24.9 Å². The quantitative estimate of drug-likeness (QED) is 0.241. The van der Waals surface area contributed by atoms with E-state index in [-0.39, 0.29) is 22.9 Å². The number of aromatic amines is 1. The van der Waals surface area contributed by atoms with Crippen LogP contribution in [0.1, 0.15) is 19.0 Å². The summed E-state index contributed by atoms with van der Waals surface area (Å²) < 4.78 is 0. The van der Waals surface area contributed by atoms with Crippen molar-refractivity contribution < 1.29 is 9.72 Å².